The summed E-state index contributed by atoms with van der Waals surface area (Å²) < 4.78 is 0. The Morgan fingerprint density at radius 1 is 1.00 bits per heavy atom. The fourth-order valence-electron chi connectivity index (χ4n) is 1.77. The Bertz CT molecular complexity index is 561. The molecule has 0 bridgehead atoms. The molecule has 0 saturated heterocycles. The zero-order valence-corrected chi connectivity index (χ0v) is 12.1. The van der Waals surface area contributed by atoms with E-state index in [9.17, 15) is 0 Å². The van der Waals surface area contributed by atoms with Gasteiger partial charge in [-0.1, -0.05) is 48.0 Å². The van der Waals surface area contributed by atoms with E-state index in [-0.39, 0.29) is 0 Å². The van der Waals surface area contributed by atoms with Crippen molar-refractivity contribution < 1.29 is 0 Å². The summed E-state index contributed by atoms with van der Waals surface area (Å²) in [6.45, 7) is 4.88. The molecule has 0 aromatic heterocycles. The van der Waals surface area contributed by atoms with E-state index in [1.165, 1.54) is 16.7 Å². The first kappa shape index (κ1) is 13.6. The smallest absolute Gasteiger partial charge is 0.171 e. The molecule has 2 rings (SSSR count). The molecule has 0 aliphatic rings. The number of nitrogens with one attached hydrogen (secondary N) is 2. The molecule has 0 radical (unpaired) electrons. The summed E-state index contributed by atoms with van der Waals surface area (Å²) in [5, 5.41) is 7.07. The first-order chi connectivity index (χ1) is 9.15. The third-order valence-corrected chi connectivity index (χ3v) is 3.21. The maximum absolute atomic E-state index is 5.30. The second-order valence-electron chi connectivity index (χ2n) is 4.61. The second-order valence-corrected chi connectivity index (χ2v) is 5.02. The Hall–Kier alpha value is -1.87. The van der Waals surface area contributed by atoms with Crippen molar-refractivity contribution in [3.8, 4) is 0 Å². The standard InChI is InChI=1S/C16H18N2S/c1-12-7-9-14(10-8-12)11-17-16(19)18-15-6-4-3-5-13(15)2/h3-10H,11H2,1-2H3,(H2,17,18,19). The third-order valence-electron chi connectivity index (χ3n) is 2.97. The van der Waals surface area contributed by atoms with Crippen LogP contribution in [-0.4, -0.2) is 5.11 Å². The van der Waals surface area contributed by atoms with E-state index in [2.05, 4.69) is 54.8 Å². The first-order valence-electron chi connectivity index (χ1n) is 6.31. The van der Waals surface area contributed by atoms with Crippen LogP contribution in [0.5, 0.6) is 0 Å². The van der Waals surface area contributed by atoms with Gasteiger partial charge >= 0.3 is 0 Å². The van der Waals surface area contributed by atoms with Gasteiger partial charge in [-0.15, -0.1) is 0 Å². The lowest BCUT2D eigenvalue weighted by Crippen LogP contribution is -2.28. The van der Waals surface area contributed by atoms with Crippen LogP contribution >= 0.6 is 12.2 Å². The lowest BCUT2D eigenvalue weighted by atomic mass is 10.1. The molecule has 2 N–H and O–H groups in total. The average Bonchev–Trinajstić information content (AvgIpc) is 2.41. The minimum Gasteiger partial charge on any atom is -0.358 e. The van der Waals surface area contributed by atoms with Crippen LogP contribution in [0.3, 0.4) is 0 Å². The minimum atomic E-state index is 0.648. The highest BCUT2D eigenvalue weighted by molar-refractivity contribution is 7.80. The number of aryl methyl sites for hydroxylation is 2. The van der Waals surface area contributed by atoms with Gasteiger partial charge in [-0.25, -0.2) is 0 Å². The van der Waals surface area contributed by atoms with Crippen LogP contribution in [0, 0.1) is 13.8 Å². The third kappa shape index (κ3) is 4.07. The summed E-state index contributed by atoms with van der Waals surface area (Å²) in [6.07, 6.45) is 0. The Morgan fingerprint density at radius 2 is 1.68 bits per heavy atom. The van der Waals surface area contributed by atoms with Crippen molar-refractivity contribution in [1.82, 2.24) is 5.32 Å². The summed E-state index contributed by atoms with van der Waals surface area (Å²) in [4.78, 5) is 0. The number of hydrogen-bond donors (Lipinski definition) is 2. The Balaban J connectivity index is 1.88. The van der Waals surface area contributed by atoms with Gasteiger partial charge in [0.05, 0.1) is 0 Å². The molecule has 0 aliphatic heterocycles. The molecule has 3 heteroatoms. The van der Waals surface area contributed by atoms with E-state index in [4.69, 9.17) is 12.2 Å². The average molecular weight is 270 g/mol. The van der Waals surface area contributed by atoms with Crippen LogP contribution in [0.2, 0.25) is 0 Å². The number of benzene rings is 2. The van der Waals surface area contributed by atoms with E-state index in [0.717, 1.165) is 12.2 Å². The van der Waals surface area contributed by atoms with E-state index in [0.29, 0.717) is 5.11 Å². The monoisotopic (exact) mass is 270 g/mol. The van der Waals surface area contributed by atoms with Gasteiger partial charge in [0.1, 0.15) is 0 Å². The highest BCUT2D eigenvalue weighted by atomic mass is 32.1. The van der Waals surface area contributed by atoms with Crippen molar-refractivity contribution >= 4 is 23.0 Å². The van der Waals surface area contributed by atoms with E-state index in [1.54, 1.807) is 0 Å². The molecule has 2 aromatic carbocycles. The van der Waals surface area contributed by atoms with Crippen molar-refractivity contribution in [1.29, 1.82) is 0 Å². The zero-order valence-electron chi connectivity index (χ0n) is 11.2. The summed E-state index contributed by atoms with van der Waals surface area (Å²) in [7, 11) is 0. The van der Waals surface area contributed by atoms with Gasteiger partial charge in [-0.2, -0.15) is 0 Å². The van der Waals surface area contributed by atoms with Gasteiger partial charge in [-0.3, -0.25) is 0 Å². The van der Waals surface area contributed by atoms with E-state index >= 15 is 0 Å². The van der Waals surface area contributed by atoms with Gasteiger partial charge < -0.3 is 10.6 Å². The molecule has 0 unspecified atom stereocenters. The van der Waals surface area contributed by atoms with Gasteiger partial charge in [0.15, 0.2) is 5.11 Å². The molecular formula is C16H18N2S. The molecule has 0 spiro atoms. The Kier molecular flexibility index (Phi) is 4.53. The molecule has 19 heavy (non-hydrogen) atoms. The number of para-hydroxylation sites is 1. The summed E-state index contributed by atoms with van der Waals surface area (Å²) in [5.41, 5.74) is 4.72. The molecule has 0 saturated carbocycles. The lowest BCUT2D eigenvalue weighted by molar-refractivity contribution is 0.925. The van der Waals surface area contributed by atoms with Gasteiger partial charge in [0.2, 0.25) is 0 Å². The van der Waals surface area contributed by atoms with Crippen molar-refractivity contribution in [2.45, 2.75) is 20.4 Å². The maximum atomic E-state index is 5.30. The Morgan fingerprint density at radius 3 is 2.37 bits per heavy atom. The van der Waals surface area contributed by atoms with Crippen molar-refractivity contribution in [3.63, 3.8) is 0 Å². The van der Waals surface area contributed by atoms with Crippen LogP contribution in [0.4, 0.5) is 5.69 Å². The molecular weight excluding hydrogens is 252 g/mol. The number of thiocarbonyl (C=S) groups is 1. The van der Waals surface area contributed by atoms with Crippen LogP contribution in [0.15, 0.2) is 48.5 Å². The second kappa shape index (κ2) is 6.34. The fraction of sp³-hybridized carbons (Fsp3) is 0.188. The van der Waals surface area contributed by atoms with Crippen molar-refractivity contribution in [2.75, 3.05) is 5.32 Å². The molecule has 0 amide bonds. The predicted octanol–water partition coefficient (Wildman–Crippen LogP) is 3.79. The first-order valence-corrected chi connectivity index (χ1v) is 6.72. The molecule has 0 aliphatic carbocycles. The molecule has 98 valence electrons. The lowest BCUT2D eigenvalue weighted by Gasteiger charge is -2.12. The van der Waals surface area contributed by atoms with Crippen LogP contribution in [0.1, 0.15) is 16.7 Å². The molecule has 2 nitrogen and oxygen atoms in total. The van der Waals surface area contributed by atoms with Gasteiger partial charge in [-0.05, 0) is 43.3 Å². The Labute approximate surface area is 119 Å². The minimum absolute atomic E-state index is 0.648. The fourth-order valence-corrected chi connectivity index (χ4v) is 1.95. The van der Waals surface area contributed by atoms with Gasteiger partial charge in [0, 0.05) is 12.2 Å². The van der Waals surface area contributed by atoms with Crippen LogP contribution in [-0.2, 0) is 6.54 Å². The zero-order chi connectivity index (χ0) is 13.7. The largest absolute Gasteiger partial charge is 0.358 e. The maximum Gasteiger partial charge on any atom is 0.171 e. The SMILES string of the molecule is Cc1ccc(CNC(=S)Nc2ccccc2C)cc1. The van der Waals surface area contributed by atoms with E-state index < -0.39 is 0 Å². The normalized spacial score (nSPS) is 10.0. The number of rotatable bonds is 3. The topological polar surface area (TPSA) is 24.1 Å². The van der Waals surface area contributed by atoms with Crippen LogP contribution < -0.4 is 10.6 Å². The molecule has 2 aromatic rings. The van der Waals surface area contributed by atoms with Crippen LogP contribution in [0.25, 0.3) is 0 Å². The number of anilines is 1. The summed E-state index contributed by atoms with van der Waals surface area (Å²) >= 11 is 5.30. The van der Waals surface area contributed by atoms with E-state index in [1.807, 2.05) is 18.2 Å². The van der Waals surface area contributed by atoms with Crippen molar-refractivity contribution in [3.05, 3.63) is 65.2 Å². The quantitative estimate of drug-likeness (QED) is 0.830. The summed E-state index contributed by atoms with van der Waals surface area (Å²) in [5.74, 6) is 0. The molecule has 0 atom stereocenters. The van der Waals surface area contributed by atoms with Crippen molar-refractivity contribution in [2.24, 2.45) is 0 Å². The predicted molar refractivity (Wildman–Crippen MR) is 85.4 cm³/mol. The summed E-state index contributed by atoms with van der Waals surface area (Å²) in [6, 6.07) is 16.5. The van der Waals surface area contributed by atoms with Gasteiger partial charge in [0.25, 0.3) is 0 Å². The molecule has 0 heterocycles. The number of hydrogen-bond acceptors (Lipinski definition) is 1. The highest BCUT2D eigenvalue weighted by Crippen LogP contribution is 2.12. The highest BCUT2D eigenvalue weighted by Gasteiger charge is 2.00. The molecule has 0 fully saturated rings.